The third-order valence-electron chi connectivity index (χ3n) is 10.8. The van der Waals surface area contributed by atoms with Crippen LogP contribution in [0, 0.1) is 0 Å². The molecule has 10 aromatic rings. The SMILES string of the molecule is CC1(C)c2ccccc2-c2cc3c4ccccc4n(-c4ccc5sc6cccc(-c7cccc8sc9ccccc9c78)c6c5c4)c3cc21. The number of benzene rings is 7. The van der Waals surface area contributed by atoms with E-state index in [1.54, 1.807) is 0 Å². The molecule has 3 heterocycles. The number of hydrogen-bond acceptors (Lipinski definition) is 2. The van der Waals surface area contributed by atoms with Gasteiger partial charge in [0.1, 0.15) is 0 Å². The van der Waals surface area contributed by atoms with Gasteiger partial charge in [0, 0.05) is 62.2 Å². The summed E-state index contributed by atoms with van der Waals surface area (Å²) in [5.41, 5.74) is 11.8. The van der Waals surface area contributed by atoms with E-state index in [1.807, 2.05) is 22.7 Å². The predicted octanol–water partition coefficient (Wildman–Crippen LogP) is 13.5. The summed E-state index contributed by atoms with van der Waals surface area (Å²) >= 11 is 3.79. The van der Waals surface area contributed by atoms with E-state index in [-0.39, 0.29) is 5.41 Å². The fraction of sp³-hybridized carbons (Fsp3) is 0.0667. The van der Waals surface area contributed by atoms with Gasteiger partial charge in [0.25, 0.3) is 0 Å². The maximum absolute atomic E-state index is 2.50. The summed E-state index contributed by atoms with van der Waals surface area (Å²) in [6, 6.07) is 52.4. The van der Waals surface area contributed by atoms with Gasteiger partial charge in [-0.25, -0.2) is 0 Å². The molecule has 0 aliphatic heterocycles. The fourth-order valence-corrected chi connectivity index (χ4v) is 10.9. The topological polar surface area (TPSA) is 4.93 Å². The molecule has 48 heavy (non-hydrogen) atoms. The largest absolute Gasteiger partial charge is 0.309 e. The maximum Gasteiger partial charge on any atom is 0.0544 e. The Hall–Kier alpha value is -5.22. The van der Waals surface area contributed by atoms with E-state index in [9.17, 15) is 0 Å². The standard InChI is InChI=1S/C45H29NS2/c1-45(2)35-16-6-3-11-27(35)32-24-33-28-12-4-7-17-37(28)46(38(33)25-36(32)45)26-21-22-40-34(23-26)44-30(15-10-20-42(44)48-40)29-14-9-19-41-43(29)31-13-5-8-18-39(31)47-41/h3-25H,1-2H3. The van der Waals surface area contributed by atoms with E-state index in [4.69, 9.17) is 0 Å². The first-order valence-electron chi connectivity index (χ1n) is 16.6. The smallest absolute Gasteiger partial charge is 0.0544 e. The molecule has 0 amide bonds. The molecule has 11 rings (SSSR count). The van der Waals surface area contributed by atoms with E-state index in [2.05, 4.69) is 158 Å². The quantitative estimate of drug-likeness (QED) is 0.176. The van der Waals surface area contributed by atoms with Gasteiger partial charge in [0.15, 0.2) is 0 Å². The van der Waals surface area contributed by atoms with Crippen molar-refractivity contribution in [1.82, 2.24) is 4.57 Å². The van der Waals surface area contributed by atoms with Gasteiger partial charge in [0.2, 0.25) is 0 Å². The minimum Gasteiger partial charge on any atom is -0.309 e. The molecule has 0 N–H and O–H groups in total. The lowest BCUT2D eigenvalue weighted by Gasteiger charge is -2.21. The van der Waals surface area contributed by atoms with Crippen molar-refractivity contribution in [3.63, 3.8) is 0 Å². The average molecular weight is 648 g/mol. The molecule has 0 unspecified atom stereocenters. The lowest BCUT2D eigenvalue weighted by molar-refractivity contribution is 0.661. The molecule has 0 saturated carbocycles. The van der Waals surface area contributed by atoms with Crippen LogP contribution in [-0.2, 0) is 5.41 Å². The number of hydrogen-bond donors (Lipinski definition) is 0. The van der Waals surface area contributed by atoms with Crippen molar-refractivity contribution in [2.24, 2.45) is 0 Å². The minimum absolute atomic E-state index is 0.0589. The first-order valence-corrected chi connectivity index (χ1v) is 18.2. The van der Waals surface area contributed by atoms with Crippen molar-refractivity contribution < 1.29 is 0 Å². The molecule has 0 bridgehead atoms. The van der Waals surface area contributed by atoms with Gasteiger partial charge in [-0.3, -0.25) is 0 Å². The molecule has 0 radical (unpaired) electrons. The van der Waals surface area contributed by atoms with Crippen LogP contribution in [0.2, 0.25) is 0 Å². The first-order chi connectivity index (χ1) is 23.6. The highest BCUT2D eigenvalue weighted by Crippen LogP contribution is 2.51. The Morgan fingerprint density at radius 3 is 1.85 bits per heavy atom. The molecule has 1 nitrogen and oxygen atoms in total. The molecule has 7 aromatic carbocycles. The van der Waals surface area contributed by atoms with E-state index in [0.717, 1.165) is 0 Å². The molecule has 226 valence electrons. The Bertz CT molecular complexity index is 2980. The lowest BCUT2D eigenvalue weighted by atomic mass is 9.82. The van der Waals surface area contributed by atoms with Crippen LogP contribution < -0.4 is 0 Å². The van der Waals surface area contributed by atoms with Crippen LogP contribution in [-0.4, -0.2) is 4.57 Å². The van der Waals surface area contributed by atoms with Crippen LogP contribution in [0.5, 0.6) is 0 Å². The molecule has 0 spiro atoms. The van der Waals surface area contributed by atoms with E-state index < -0.39 is 0 Å². The first kappa shape index (κ1) is 26.8. The van der Waals surface area contributed by atoms with Crippen molar-refractivity contribution in [1.29, 1.82) is 0 Å². The van der Waals surface area contributed by atoms with Crippen LogP contribution in [0.15, 0.2) is 140 Å². The van der Waals surface area contributed by atoms with E-state index in [1.165, 1.54) is 101 Å². The Morgan fingerprint density at radius 1 is 0.417 bits per heavy atom. The zero-order valence-electron chi connectivity index (χ0n) is 26.5. The molecule has 0 fully saturated rings. The van der Waals surface area contributed by atoms with Gasteiger partial charge >= 0.3 is 0 Å². The summed E-state index contributed by atoms with van der Waals surface area (Å²) in [7, 11) is 0. The van der Waals surface area contributed by atoms with Gasteiger partial charge in [0.05, 0.1) is 11.0 Å². The molecule has 3 heteroatoms. The molecule has 1 aliphatic rings. The number of thiophene rings is 2. The maximum atomic E-state index is 2.50. The summed E-state index contributed by atoms with van der Waals surface area (Å²) in [5, 5.41) is 7.97. The number of para-hydroxylation sites is 1. The van der Waals surface area contributed by atoms with Crippen molar-refractivity contribution in [3.05, 3.63) is 151 Å². The Morgan fingerprint density at radius 2 is 1.04 bits per heavy atom. The van der Waals surface area contributed by atoms with Crippen LogP contribution in [0.1, 0.15) is 25.0 Å². The third kappa shape index (κ3) is 3.45. The molecular weight excluding hydrogens is 619 g/mol. The van der Waals surface area contributed by atoms with Gasteiger partial charge in [-0.2, -0.15) is 0 Å². The highest BCUT2D eigenvalue weighted by Gasteiger charge is 2.36. The summed E-state index contributed by atoms with van der Waals surface area (Å²) < 4.78 is 7.84. The zero-order chi connectivity index (χ0) is 31.7. The second-order valence-electron chi connectivity index (χ2n) is 13.7. The van der Waals surface area contributed by atoms with Crippen LogP contribution >= 0.6 is 22.7 Å². The highest BCUT2D eigenvalue weighted by molar-refractivity contribution is 7.26. The number of nitrogens with zero attached hydrogens (tertiary/aromatic N) is 1. The summed E-state index contributed by atoms with van der Waals surface area (Å²) in [6.07, 6.45) is 0. The summed E-state index contributed by atoms with van der Waals surface area (Å²) in [4.78, 5) is 0. The summed E-state index contributed by atoms with van der Waals surface area (Å²) in [6.45, 7) is 4.75. The van der Waals surface area contributed by atoms with E-state index >= 15 is 0 Å². The van der Waals surface area contributed by atoms with Crippen molar-refractivity contribution >= 4 is 84.8 Å². The van der Waals surface area contributed by atoms with Gasteiger partial charge in [-0.15, -0.1) is 22.7 Å². The van der Waals surface area contributed by atoms with Gasteiger partial charge < -0.3 is 4.57 Å². The van der Waals surface area contributed by atoms with Crippen molar-refractivity contribution in [2.75, 3.05) is 0 Å². The Kier molecular flexibility index (Phi) is 5.27. The average Bonchev–Trinajstić information content (AvgIpc) is 3.84. The normalized spacial score (nSPS) is 13.8. The summed E-state index contributed by atoms with van der Waals surface area (Å²) in [5.74, 6) is 0. The van der Waals surface area contributed by atoms with Crippen LogP contribution in [0.4, 0.5) is 0 Å². The molecular formula is C45H29NS2. The van der Waals surface area contributed by atoms with Crippen molar-refractivity contribution in [2.45, 2.75) is 19.3 Å². The second kappa shape index (κ2) is 9.44. The molecule has 3 aromatic heterocycles. The third-order valence-corrected chi connectivity index (χ3v) is 13.1. The van der Waals surface area contributed by atoms with Crippen molar-refractivity contribution in [3.8, 4) is 27.9 Å². The predicted molar refractivity (Wildman–Crippen MR) is 210 cm³/mol. The monoisotopic (exact) mass is 647 g/mol. The number of fused-ring (bicyclic) bond motifs is 12. The lowest BCUT2D eigenvalue weighted by Crippen LogP contribution is -2.14. The number of rotatable bonds is 2. The van der Waals surface area contributed by atoms with Crippen LogP contribution in [0.3, 0.4) is 0 Å². The van der Waals surface area contributed by atoms with E-state index in [0.29, 0.717) is 0 Å². The van der Waals surface area contributed by atoms with Gasteiger partial charge in [-0.05, 0) is 88.0 Å². The van der Waals surface area contributed by atoms with Gasteiger partial charge in [-0.1, -0.05) is 98.8 Å². The fourth-order valence-electron chi connectivity index (χ4n) is 8.62. The molecule has 0 saturated heterocycles. The molecule has 1 aliphatic carbocycles. The molecule has 0 atom stereocenters. The second-order valence-corrected chi connectivity index (χ2v) is 15.8. The Balaban J connectivity index is 1.20. The number of aromatic nitrogens is 1. The highest BCUT2D eigenvalue weighted by atomic mass is 32.1. The zero-order valence-corrected chi connectivity index (χ0v) is 28.2. The Labute approximate surface area is 285 Å². The van der Waals surface area contributed by atoms with Crippen LogP contribution in [0.25, 0.3) is 90.1 Å². The minimum atomic E-state index is -0.0589.